The van der Waals surface area contributed by atoms with E-state index in [1.54, 1.807) is 12.1 Å². The molecule has 5 heteroatoms. The van der Waals surface area contributed by atoms with Gasteiger partial charge in [0.15, 0.2) is 0 Å². The first kappa shape index (κ1) is 14.6. The molecule has 2 rings (SSSR count). The van der Waals surface area contributed by atoms with Gasteiger partial charge < -0.3 is 5.73 Å². The third kappa shape index (κ3) is 3.82. The number of sulfonamides is 1. The first-order chi connectivity index (χ1) is 9.47. The van der Waals surface area contributed by atoms with Gasteiger partial charge >= 0.3 is 0 Å². The van der Waals surface area contributed by atoms with E-state index in [1.807, 2.05) is 37.3 Å². The molecule has 0 radical (unpaired) electrons. The van der Waals surface area contributed by atoms with E-state index < -0.39 is 10.0 Å². The summed E-state index contributed by atoms with van der Waals surface area (Å²) < 4.78 is 27.1. The van der Waals surface area contributed by atoms with E-state index in [0.29, 0.717) is 12.1 Å². The Hall–Kier alpha value is -1.85. The molecule has 0 aliphatic carbocycles. The Balaban J connectivity index is 2.08. The van der Waals surface area contributed by atoms with Gasteiger partial charge in [0.2, 0.25) is 10.0 Å². The number of hydrogen-bond donors (Lipinski definition) is 2. The normalized spacial score (nSPS) is 13.1. The summed E-state index contributed by atoms with van der Waals surface area (Å²) in [5.74, 6) is 0. The minimum absolute atomic E-state index is 0.191. The molecule has 0 amide bonds. The molecule has 0 aliphatic heterocycles. The maximum Gasteiger partial charge on any atom is 0.240 e. The first-order valence-corrected chi connectivity index (χ1v) is 7.87. The van der Waals surface area contributed by atoms with Gasteiger partial charge in [0.1, 0.15) is 0 Å². The van der Waals surface area contributed by atoms with Gasteiger partial charge in [-0.15, -0.1) is 0 Å². The molecule has 0 aromatic heterocycles. The number of benzene rings is 2. The second-order valence-corrected chi connectivity index (χ2v) is 6.50. The monoisotopic (exact) mass is 290 g/mol. The minimum atomic E-state index is -3.53. The zero-order chi connectivity index (χ0) is 14.6. The van der Waals surface area contributed by atoms with E-state index in [1.165, 1.54) is 12.1 Å². The van der Waals surface area contributed by atoms with Crippen molar-refractivity contribution in [1.29, 1.82) is 0 Å². The van der Waals surface area contributed by atoms with Crippen LogP contribution in [-0.2, 0) is 16.4 Å². The largest absolute Gasteiger partial charge is 0.399 e. The van der Waals surface area contributed by atoms with Gasteiger partial charge in [-0.25, -0.2) is 13.1 Å². The molecule has 0 heterocycles. The highest BCUT2D eigenvalue weighted by Gasteiger charge is 2.17. The third-order valence-electron chi connectivity index (χ3n) is 2.91. The zero-order valence-corrected chi connectivity index (χ0v) is 12.1. The van der Waals surface area contributed by atoms with Gasteiger partial charge in [0.25, 0.3) is 0 Å². The van der Waals surface area contributed by atoms with Crippen molar-refractivity contribution < 1.29 is 8.42 Å². The maximum atomic E-state index is 12.2. The Labute approximate surface area is 119 Å². The van der Waals surface area contributed by atoms with Crippen LogP contribution < -0.4 is 10.5 Å². The minimum Gasteiger partial charge on any atom is -0.399 e. The third-order valence-corrected chi connectivity index (χ3v) is 4.50. The number of nitrogen functional groups attached to an aromatic ring is 1. The van der Waals surface area contributed by atoms with Crippen LogP contribution in [0, 0.1) is 0 Å². The number of hydrogen-bond acceptors (Lipinski definition) is 3. The number of rotatable bonds is 5. The summed E-state index contributed by atoms with van der Waals surface area (Å²) in [7, 11) is -3.53. The molecular weight excluding hydrogens is 272 g/mol. The van der Waals surface area contributed by atoms with Gasteiger partial charge in [-0.2, -0.15) is 0 Å². The van der Waals surface area contributed by atoms with Gasteiger partial charge in [0, 0.05) is 11.7 Å². The van der Waals surface area contributed by atoms with Crippen LogP contribution in [-0.4, -0.2) is 14.5 Å². The summed E-state index contributed by atoms with van der Waals surface area (Å²) in [6.07, 6.45) is 0.641. The number of nitrogens with two attached hydrogens (primary N) is 1. The molecule has 20 heavy (non-hydrogen) atoms. The summed E-state index contributed by atoms with van der Waals surface area (Å²) in [6, 6.07) is 15.9. The molecule has 1 unspecified atom stereocenters. The average Bonchev–Trinajstić information content (AvgIpc) is 2.39. The van der Waals surface area contributed by atoms with Crippen molar-refractivity contribution in [3.63, 3.8) is 0 Å². The lowest BCUT2D eigenvalue weighted by molar-refractivity contribution is 0.560. The van der Waals surface area contributed by atoms with Crippen LogP contribution in [0.15, 0.2) is 59.5 Å². The molecule has 2 aromatic carbocycles. The Morgan fingerprint density at radius 3 is 2.45 bits per heavy atom. The predicted octanol–water partition coefficient (Wildman–Crippen LogP) is 2.18. The number of nitrogens with one attached hydrogen (secondary N) is 1. The molecule has 2 aromatic rings. The fourth-order valence-electron chi connectivity index (χ4n) is 2.02. The van der Waals surface area contributed by atoms with Gasteiger partial charge in [-0.05, 0) is 37.1 Å². The fraction of sp³-hybridized carbons (Fsp3) is 0.200. The van der Waals surface area contributed by atoms with Gasteiger partial charge in [-0.1, -0.05) is 36.4 Å². The van der Waals surface area contributed by atoms with Crippen molar-refractivity contribution in [1.82, 2.24) is 4.72 Å². The molecule has 3 N–H and O–H groups in total. The molecule has 1 atom stereocenters. The highest BCUT2D eigenvalue weighted by molar-refractivity contribution is 7.89. The lowest BCUT2D eigenvalue weighted by atomic mass is 10.1. The zero-order valence-electron chi connectivity index (χ0n) is 11.3. The summed E-state index contributed by atoms with van der Waals surface area (Å²) in [5.41, 5.74) is 7.14. The second-order valence-electron chi connectivity index (χ2n) is 4.78. The fourth-order valence-corrected chi connectivity index (χ4v) is 3.32. The molecule has 0 aliphatic rings. The van der Waals surface area contributed by atoms with Crippen LogP contribution in [0.5, 0.6) is 0 Å². The Morgan fingerprint density at radius 2 is 1.80 bits per heavy atom. The van der Waals surface area contributed by atoms with Crippen LogP contribution in [0.3, 0.4) is 0 Å². The first-order valence-electron chi connectivity index (χ1n) is 6.39. The molecule has 4 nitrogen and oxygen atoms in total. The summed E-state index contributed by atoms with van der Waals surface area (Å²) in [4.78, 5) is 0.192. The molecule has 0 fully saturated rings. The lowest BCUT2D eigenvalue weighted by Crippen LogP contribution is -2.34. The Morgan fingerprint density at radius 1 is 1.10 bits per heavy atom. The second kappa shape index (κ2) is 6.07. The van der Waals surface area contributed by atoms with Crippen molar-refractivity contribution in [3.05, 3.63) is 60.2 Å². The van der Waals surface area contributed by atoms with E-state index in [9.17, 15) is 8.42 Å². The molecular formula is C15H18N2O2S. The number of anilines is 1. The average molecular weight is 290 g/mol. The summed E-state index contributed by atoms with van der Waals surface area (Å²) >= 11 is 0. The van der Waals surface area contributed by atoms with E-state index in [2.05, 4.69) is 4.72 Å². The van der Waals surface area contributed by atoms with Crippen molar-refractivity contribution in [3.8, 4) is 0 Å². The Kier molecular flexibility index (Phi) is 4.42. The van der Waals surface area contributed by atoms with E-state index in [0.717, 1.165) is 5.56 Å². The van der Waals surface area contributed by atoms with E-state index in [-0.39, 0.29) is 10.9 Å². The standard InChI is InChI=1S/C15H18N2O2S/c1-12(10-13-6-3-2-4-7-13)17-20(18,19)15-9-5-8-14(16)11-15/h2-9,11-12,17H,10,16H2,1H3. The van der Waals surface area contributed by atoms with Crippen LogP contribution in [0.25, 0.3) is 0 Å². The highest BCUT2D eigenvalue weighted by atomic mass is 32.2. The van der Waals surface area contributed by atoms with Crippen LogP contribution in [0.4, 0.5) is 5.69 Å². The van der Waals surface area contributed by atoms with Gasteiger partial charge in [-0.3, -0.25) is 0 Å². The van der Waals surface area contributed by atoms with Crippen LogP contribution >= 0.6 is 0 Å². The van der Waals surface area contributed by atoms with E-state index >= 15 is 0 Å². The summed E-state index contributed by atoms with van der Waals surface area (Å²) in [6.45, 7) is 1.84. The smallest absolute Gasteiger partial charge is 0.240 e. The van der Waals surface area contributed by atoms with Crippen molar-refractivity contribution in [2.45, 2.75) is 24.3 Å². The molecule has 0 spiro atoms. The maximum absolute atomic E-state index is 12.2. The molecule has 106 valence electrons. The van der Waals surface area contributed by atoms with E-state index in [4.69, 9.17) is 5.73 Å². The molecule has 0 saturated heterocycles. The topological polar surface area (TPSA) is 72.2 Å². The highest BCUT2D eigenvalue weighted by Crippen LogP contribution is 2.14. The van der Waals surface area contributed by atoms with Crippen molar-refractivity contribution in [2.24, 2.45) is 0 Å². The van der Waals surface area contributed by atoms with Crippen molar-refractivity contribution in [2.75, 3.05) is 5.73 Å². The summed E-state index contributed by atoms with van der Waals surface area (Å²) in [5, 5.41) is 0. The van der Waals surface area contributed by atoms with Crippen LogP contribution in [0.2, 0.25) is 0 Å². The van der Waals surface area contributed by atoms with Crippen molar-refractivity contribution >= 4 is 15.7 Å². The lowest BCUT2D eigenvalue weighted by Gasteiger charge is -2.14. The van der Waals surface area contributed by atoms with Gasteiger partial charge in [0.05, 0.1) is 4.90 Å². The molecule has 0 bridgehead atoms. The van der Waals surface area contributed by atoms with Crippen LogP contribution in [0.1, 0.15) is 12.5 Å². The predicted molar refractivity (Wildman–Crippen MR) is 80.8 cm³/mol. The molecule has 0 saturated carbocycles. The SMILES string of the molecule is CC(Cc1ccccc1)NS(=O)(=O)c1cccc(N)c1. The quantitative estimate of drug-likeness (QED) is 0.829. The Bertz CT molecular complexity index is 669.